The molecule has 0 spiro atoms. The zero-order valence-corrected chi connectivity index (χ0v) is 8.93. The molecule has 0 aliphatic heterocycles. The van der Waals surface area contributed by atoms with Crippen LogP contribution in [0.4, 0.5) is 0 Å². The van der Waals surface area contributed by atoms with Crippen LogP contribution in [-0.2, 0) is 0 Å². The van der Waals surface area contributed by atoms with E-state index in [2.05, 4.69) is 0 Å². The maximum absolute atomic E-state index is 9.58. The summed E-state index contributed by atoms with van der Waals surface area (Å²) < 4.78 is 0. The van der Waals surface area contributed by atoms with Gasteiger partial charge < -0.3 is 30.6 Å². The van der Waals surface area contributed by atoms with E-state index in [-0.39, 0.29) is 0 Å². The molecule has 0 heterocycles. The first kappa shape index (κ1) is 18.9. The van der Waals surface area contributed by atoms with Crippen molar-refractivity contribution in [3.8, 4) is 0 Å². The lowest BCUT2D eigenvalue weighted by molar-refractivity contribution is -0.583. The molecule has 0 saturated carbocycles. The summed E-state index contributed by atoms with van der Waals surface area (Å²) in [6, 6.07) is 0. The van der Waals surface area contributed by atoms with E-state index in [9.17, 15) is 20.2 Å². The number of nitrogens with zero attached hydrogens (tertiary/aromatic N) is 2. The largest absolute Gasteiger partial charge is 0.393 e. The smallest absolute Gasteiger partial charge is 0.341 e. The Labute approximate surface area is 99.6 Å². The number of nitro groups is 2. The van der Waals surface area contributed by atoms with Crippen molar-refractivity contribution >= 4 is 0 Å². The van der Waals surface area contributed by atoms with Gasteiger partial charge in [-0.3, -0.25) is 20.2 Å². The van der Waals surface area contributed by atoms with Crippen molar-refractivity contribution in [2.75, 3.05) is 13.2 Å². The molecule has 4 atom stereocenters. The van der Waals surface area contributed by atoms with Crippen molar-refractivity contribution in [3.05, 3.63) is 20.2 Å². The molecule has 6 N–H and O–H groups in total. The average molecular weight is 274 g/mol. The lowest BCUT2D eigenvalue weighted by atomic mass is 10.3. The molecule has 0 saturated heterocycles. The van der Waals surface area contributed by atoms with Crippen LogP contribution in [0.3, 0.4) is 0 Å². The molecule has 12 heteroatoms. The Hall–Kier alpha value is -1.44. The molecule has 0 rings (SSSR count). The van der Waals surface area contributed by atoms with Crippen LogP contribution in [0.15, 0.2) is 0 Å². The first-order chi connectivity index (χ1) is 8.18. The zero-order chi connectivity index (χ0) is 14.9. The molecule has 0 aliphatic rings. The average Bonchev–Trinajstić information content (AvgIpc) is 2.35. The highest BCUT2D eigenvalue weighted by atomic mass is 16.7. The highest BCUT2D eigenvalue weighted by Crippen LogP contribution is 1.91. The summed E-state index contributed by atoms with van der Waals surface area (Å²) in [5.41, 5.74) is 0. The van der Waals surface area contributed by atoms with E-state index in [0.29, 0.717) is 0 Å². The maximum atomic E-state index is 9.58. The number of hydrogen-bond donors (Lipinski definition) is 6. The van der Waals surface area contributed by atoms with Gasteiger partial charge in [0.05, 0.1) is 23.1 Å². The van der Waals surface area contributed by atoms with E-state index in [1.807, 2.05) is 0 Å². The van der Waals surface area contributed by atoms with Gasteiger partial charge in [0.15, 0.2) is 12.2 Å². The van der Waals surface area contributed by atoms with Crippen molar-refractivity contribution in [3.63, 3.8) is 0 Å². The minimum Gasteiger partial charge on any atom is -0.393 e. The Morgan fingerprint density at radius 1 is 0.778 bits per heavy atom. The highest BCUT2D eigenvalue weighted by Gasteiger charge is 2.25. The Balaban J connectivity index is 0. The van der Waals surface area contributed by atoms with Gasteiger partial charge in [0.2, 0.25) is 0 Å². The normalized spacial score (nSPS) is 16.8. The molecule has 0 aromatic heterocycles. The molecule has 12 nitrogen and oxygen atoms in total. The maximum Gasteiger partial charge on any atom is 0.341 e. The van der Waals surface area contributed by atoms with E-state index in [0.717, 1.165) is 0 Å². The van der Waals surface area contributed by atoms with Gasteiger partial charge in [-0.15, -0.1) is 0 Å². The monoisotopic (exact) mass is 274 g/mol. The van der Waals surface area contributed by atoms with Crippen LogP contribution < -0.4 is 0 Å². The zero-order valence-electron chi connectivity index (χ0n) is 8.93. The minimum atomic E-state index is -2.09. The van der Waals surface area contributed by atoms with Gasteiger partial charge in [-0.1, -0.05) is 0 Å². The molecule has 0 fully saturated rings. The van der Waals surface area contributed by atoms with Gasteiger partial charge in [0, 0.05) is 0 Å². The summed E-state index contributed by atoms with van der Waals surface area (Å²) in [6.07, 6.45) is -7.56. The summed E-state index contributed by atoms with van der Waals surface area (Å²) >= 11 is 0. The van der Waals surface area contributed by atoms with Crippen LogP contribution in [0.1, 0.15) is 0 Å². The van der Waals surface area contributed by atoms with Crippen LogP contribution in [0.25, 0.3) is 0 Å². The van der Waals surface area contributed by atoms with Gasteiger partial charge >= 0.3 is 12.5 Å². The van der Waals surface area contributed by atoms with Crippen molar-refractivity contribution in [2.45, 2.75) is 24.7 Å². The predicted molar refractivity (Wildman–Crippen MR) is 52.2 cm³/mol. The summed E-state index contributed by atoms with van der Waals surface area (Å²) in [6.45, 7) is -1.63. The number of aliphatic hydroxyl groups is 6. The standard InChI is InChI=1S/2C3H7NO5/c2*5-1-2(6)3(7)4(8)9/h2*2-3,5-7H,1H2. The quantitative estimate of drug-likeness (QED) is 0.156. The second-order valence-corrected chi connectivity index (χ2v) is 2.90. The molecule has 0 radical (unpaired) electrons. The third-order valence-corrected chi connectivity index (χ3v) is 1.49. The second kappa shape index (κ2) is 9.58. The molecule has 18 heavy (non-hydrogen) atoms. The fourth-order valence-electron chi connectivity index (χ4n) is 0.470. The molecular weight excluding hydrogens is 260 g/mol. The number of aliphatic hydroxyl groups excluding tert-OH is 6. The summed E-state index contributed by atoms with van der Waals surface area (Å²) in [7, 11) is 0. The molecular formula is C6H14N2O10. The second-order valence-electron chi connectivity index (χ2n) is 2.90. The van der Waals surface area contributed by atoms with Crippen LogP contribution in [0.5, 0.6) is 0 Å². The molecule has 0 aromatic rings. The van der Waals surface area contributed by atoms with Crippen molar-refractivity contribution in [1.29, 1.82) is 0 Å². The predicted octanol–water partition coefficient (Wildman–Crippen LogP) is -4.13. The van der Waals surface area contributed by atoms with Gasteiger partial charge in [0.1, 0.15) is 0 Å². The highest BCUT2D eigenvalue weighted by molar-refractivity contribution is 4.53. The van der Waals surface area contributed by atoms with E-state index < -0.39 is 47.7 Å². The Bertz CT molecular complexity index is 235. The molecule has 4 unspecified atom stereocenters. The number of hydrogen-bond acceptors (Lipinski definition) is 10. The Morgan fingerprint density at radius 2 is 1.00 bits per heavy atom. The molecule has 0 aromatic carbocycles. The van der Waals surface area contributed by atoms with E-state index >= 15 is 0 Å². The molecule has 108 valence electrons. The summed E-state index contributed by atoms with van der Waals surface area (Å²) in [5, 5.41) is 68.5. The number of rotatable bonds is 6. The van der Waals surface area contributed by atoms with Gasteiger partial charge in [-0.25, -0.2) is 0 Å². The van der Waals surface area contributed by atoms with Crippen LogP contribution in [0, 0.1) is 20.2 Å². The third-order valence-electron chi connectivity index (χ3n) is 1.49. The van der Waals surface area contributed by atoms with Gasteiger partial charge in [-0.05, 0) is 0 Å². The first-order valence-corrected chi connectivity index (χ1v) is 4.40. The summed E-state index contributed by atoms with van der Waals surface area (Å²) in [5.74, 6) is 0. The lowest BCUT2D eigenvalue weighted by Gasteiger charge is -2.05. The van der Waals surface area contributed by atoms with Crippen LogP contribution >= 0.6 is 0 Å². The summed E-state index contributed by atoms with van der Waals surface area (Å²) in [4.78, 5) is 17.0. The third kappa shape index (κ3) is 7.77. The van der Waals surface area contributed by atoms with Crippen LogP contribution in [0.2, 0.25) is 0 Å². The van der Waals surface area contributed by atoms with Gasteiger partial charge in [-0.2, -0.15) is 0 Å². The topological polar surface area (TPSA) is 208 Å². The minimum absolute atomic E-state index is 0.817. The fourth-order valence-corrected chi connectivity index (χ4v) is 0.470. The lowest BCUT2D eigenvalue weighted by Crippen LogP contribution is -2.35. The van der Waals surface area contributed by atoms with E-state index in [4.69, 9.17) is 30.6 Å². The Kier molecular flexibility index (Phi) is 10.1. The van der Waals surface area contributed by atoms with E-state index in [1.54, 1.807) is 0 Å². The van der Waals surface area contributed by atoms with Gasteiger partial charge in [0.25, 0.3) is 0 Å². The van der Waals surface area contributed by atoms with Crippen LogP contribution in [-0.4, -0.2) is 78.4 Å². The van der Waals surface area contributed by atoms with Crippen molar-refractivity contribution in [2.24, 2.45) is 0 Å². The molecule has 0 amide bonds. The molecule has 0 bridgehead atoms. The van der Waals surface area contributed by atoms with Crippen molar-refractivity contribution < 1.29 is 40.5 Å². The molecule has 0 aliphatic carbocycles. The Morgan fingerprint density at radius 3 is 1.06 bits per heavy atom. The fraction of sp³-hybridized carbons (Fsp3) is 1.00. The van der Waals surface area contributed by atoms with Crippen molar-refractivity contribution in [1.82, 2.24) is 0 Å². The SMILES string of the molecule is O=[N+]([O-])C(O)C(O)CO.O=[N+]([O-])C(O)C(O)CO. The van der Waals surface area contributed by atoms with E-state index in [1.165, 1.54) is 0 Å². The first-order valence-electron chi connectivity index (χ1n) is 4.40.